The molecule has 0 bridgehead atoms. The lowest BCUT2D eigenvalue weighted by Gasteiger charge is -2.10. The van der Waals surface area contributed by atoms with Gasteiger partial charge in [0.2, 0.25) is 0 Å². The maximum Gasteiger partial charge on any atom is 0.0647 e. The molecule has 0 atom stereocenters. The van der Waals surface area contributed by atoms with Gasteiger partial charge in [-0.1, -0.05) is 32.9 Å². The lowest BCUT2D eigenvalue weighted by atomic mass is 9.96. The minimum Gasteiger partial charge on any atom is -0.378 e. The standard InChI is InChI=1S/C9H18O/c1-5-10-8-6-7-9(2,3)4/h6-7H,5,8H2,1-4H3. The van der Waals surface area contributed by atoms with Crippen molar-refractivity contribution in [3.8, 4) is 0 Å². The molecule has 1 nitrogen and oxygen atoms in total. The molecule has 0 amide bonds. The van der Waals surface area contributed by atoms with E-state index in [4.69, 9.17) is 4.74 Å². The maximum absolute atomic E-state index is 5.14. The molecule has 0 saturated heterocycles. The van der Waals surface area contributed by atoms with Gasteiger partial charge in [-0.15, -0.1) is 0 Å². The average molecular weight is 142 g/mol. The quantitative estimate of drug-likeness (QED) is 0.435. The van der Waals surface area contributed by atoms with Crippen molar-refractivity contribution >= 4 is 0 Å². The highest BCUT2D eigenvalue weighted by Crippen LogP contribution is 2.13. The van der Waals surface area contributed by atoms with E-state index < -0.39 is 0 Å². The van der Waals surface area contributed by atoms with Crippen molar-refractivity contribution in [2.75, 3.05) is 13.2 Å². The van der Waals surface area contributed by atoms with Gasteiger partial charge in [-0.05, 0) is 12.3 Å². The topological polar surface area (TPSA) is 9.23 Å². The first-order valence-electron chi connectivity index (χ1n) is 3.81. The van der Waals surface area contributed by atoms with Crippen LogP contribution in [-0.2, 0) is 4.74 Å². The van der Waals surface area contributed by atoms with E-state index in [2.05, 4.69) is 32.9 Å². The van der Waals surface area contributed by atoms with E-state index in [9.17, 15) is 0 Å². The van der Waals surface area contributed by atoms with E-state index in [1.807, 2.05) is 6.92 Å². The first kappa shape index (κ1) is 9.70. The maximum atomic E-state index is 5.14. The van der Waals surface area contributed by atoms with E-state index >= 15 is 0 Å². The fourth-order valence-corrected chi connectivity index (χ4v) is 0.588. The van der Waals surface area contributed by atoms with Crippen molar-refractivity contribution in [1.82, 2.24) is 0 Å². The first-order chi connectivity index (χ1) is 4.56. The third kappa shape index (κ3) is 7.70. The molecule has 0 aliphatic carbocycles. The second kappa shape index (κ2) is 4.51. The lowest BCUT2D eigenvalue weighted by molar-refractivity contribution is 0.177. The molecular weight excluding hydrogens is 124 g/mol. The Morgan fingerprint density at radius 2 is 1.90 bits per heavy atom. The Hall–Kier alpha value is -0.300. The van der Waals surface area contributed by atoms with E-state index in [0.29, 0.717) is 0 Å². The van der Waals surface area contributed by atoms with Gasteiger partial charge >= 0.3 is 0 Å². The number of allylic oxidation sites excluding steroid dienone is 1. The molecule has 0 aliphatic heterocycles. The second-order valence-corrected chi connectivity index (χ2v) is 3.43. The number of rotatable bonds is 3. The van der Waals surface area contributed by atoms with Crippen LogP contribution in [0, 0.1) is 5.41 Å². The van der Waals surface area contributed by atoms with Gasteiger partial charge in [0.25, 0.3) is 0 Å². The lowest BCUT2D eigenvalue weighted by Crippen LogP contribution is -1.99. The molecule has 0 heterocycles. The molecular formula is C9H18O. The number of hydrogen-bond acceptors (Lipinski definition) is 1. The molecule has 0 radical (unpaired) electrons. The van der Waals surface area contributed by atoms with Crippen molar-refractivity contribution in [1.29, 1.82) is 0 Å². The fraction of sp³-hybridized carbons (Fsp3) is 0.778. The Morgan fingerprint density at radius 1 is 1.30 bits per heavy atom. The van der Waals surface area contributed by atoms with Crippen LogP contribution in [0.15, 0.2) is 12.2 Å². The Morgan fingerprint density at radius 3 is 2.30 bits per heavy atom. The molecule has 1 heteroatoms. The molecule has 10 heavy (non-hydrogen) atoms. The Labute approximate surface area is 64.1 Å². The highest BCUT2D eigenvalue weighted by Gasteiger charge is 2.02. The Balaban J connectivity index is 3.37. The average Bonchev–Trinajstić information content (AvgIpc) is 1.78. The third-order valence-electron chi connectivity index (χ3n) is 1.04. The molecule has 0 rings (SSSR count). The van der Waals surface area contributed by atoms with Gasteiger partial charge in [0.15, 0.2) is 0 Å². The SMILES string of the molecule is CCOCC=CC(C)(C)C. The van der Waals surface area contributed by atoms with Crippen LogP contribution in [0.3, 0.4) is 0 Å². The van der Waals surface area contributed by atoms with E-state index in [1.54, 1.807) is 0 Å². The van der Waals surface area contributed by atoms with Crippen LogP contribution < -0.4 is 0 Å². The van der Waals surface area contributed by atoms with Gasteiger partial charge in [0.05, 0.1) is 6.61 Å². The van der Waals surface area contributed by atoms with Crippen molar-refractivity contribution in [3.05, 3.63) is 12.2 Å². The number of ether oxygens (including phenoxy) is 1. The molecule has 0 fully saturated rings. The largest absolute Gasteiger partial charge is 0.378 e. The molecule has 0 aromatic heterocycles. The number of hydrogen-bond donors (Lipinski definition) is 0. The van der Waals surface area contributed by atoms with Crippen LogP contribution in [0.1, 0.15) is 27.7 Å². The van der Waals surface area contributed by atoms with Crippen LogP contribution in [0.2, 0.25) is 0 Å². The Kier molecular flexibility index (Phi) is 4.37. The summed E-state index contributed by atoms with van der Waals surface area (Å²) in [5.74, 6) is 0. The molecule has 0 saturated carbocycles. The summed E-state index contributed by atoms with van der Waals surface area (Å²) in [5.41, 5.74) is 0.289. The van der Waals surface area contributed by atoms with Crippen molar-refractivity contribution in [2.45, 2.75) is 27.7 Å². The van der Waals surface area contributed by atoms with Gasteiger partial charge in [-0.3, -0.25) is 0 Å². The van der Waals surface area contributed by atoms with Crippen LogP contribution in [-0.4, -0.2) is 13.2 Å². The zero-order chi connectivity index (χ0) is 8.04. The van der Waals surface area contributed by atoms with Crippen LogP contribution in [0.4, 0.5) is 0 Å². The fourth-order valence-electron chi connectivity index (χ4n) is 0.588. The summed E-state index contributed by atoms with van der Waals surface area (Å²) in [6, 6.07) is 0. The summed E-state index contributed by atoms with van der Waals surface area (Å²) in [4.78, 5) is 0. The van der Waals surface area contributed by atoms with E-state index in [1.165, 1.54) is 0 Å². The minimum atomic E-state index is 0.289. The normalized spacial score (nSPS) is 12.8. The summed E-state index contributed by atoms with van der Waals surface area (Å²) < 4.78 is 5.14. The van der Waals surface area contributed by atoms with Crippen molar-refractivity contribution < 1.29 is 4.74 Å². The van der Waals surface area contributed by atoms with Crippen molar-refractivity contribution in [3.63, 3.8) is 0 Å². The third-order valence-corrected chi connectivity index (χ3v) is 1.04. The smallest absolute Gasteiger partial charge is 0.0647 e. The van der Waals surface area contributed by atoms with Crippen LogP contribution in [0.5, 0.6) is 0 Å². The predicted octanol–water partition coefficient (Wildman–Crippen LogP) is 2.63. The van der Waals surface area contributed by atoms with Crippen molar-refractivity contribution in [2.24, 2.45) is 5.41 Å². The van der Waals surface area contributed by atoms with Gasteiger partial charge in [-0.2, -0.15) is 0 Å². The van der Waals surface area contributed by atoms with E-state index in [0.717, 1.165) is 13.2 Å². The summed E-state index contributed by atoms with van der Waals surface area (Å²) in [6.07, 6.45) is 4.24. The molecule has 0 unspecified atom stereocenters. The van der Waals surface area contributed by atoms with Crippen LogP contribution >= 0.6 is 0 Å². The summed E-state index contributed by atoms with van der Waals surface area (Å²) >= 11 is 0. The first-order valence-corrected chi connectivity index (χ1v) is 3.81. The van der Waals surface area contributed by atoms with Crippen LogP contribution in [0.25, 0.3) is 0 Å². The highest BCUT2D eigenvalue weighted by molar-refractivity contribution is 4.91. The highest BCUT2D eigenvalue weighted by atomic mass is 16.5. The molecule has 0 aromatic carbocycles. The van der Waals surface area contributed by atoms with Gasteiger partial charge in [0.1, 0.15) is 0 Å². The molecule has 0 spiro atoms. The molecule has 0 aliphatic rings. The summed E-state index contributed by atoms with van der Waals surface area (Å²) in [7, 11) is 0. The van der Waals surface area contributed by atoms with Gasteiger partial charge in [-0.25, -0.2) is 0 Å². The molecule has 0 N–H and O–H groups in total. The Bertz CT molecular complexity index is 97.8. The van der Waals surface area contributed by atoms with Gasteiger partial charge in [0, 0.05) is 6.61 Å². The molecule has 0 aromatic rings. The monoisotopic (exact) mass is 142 g/mol. The zero-order valence-electron chi connectivity index (χ0n) is 7.48. The summed E-state index contributed by atoms with van der Waals surface area (Å²) in [6.45, 7) is 10.1. The molecule has 60 valence electrons. The van der Waals surface area contributed by atoms with Gasteiger partial charge < -0.3 is 4.74 Å². The predicted molar refractivity (Wildman–Crippen MR) is 45.1 cm³/mol. The summed E-state index contributed by atoms with van der Waals surface area (Å²) in [5, 5.41) is 0. The second-order valence-electron chi connectivity index (χ2n) is 3.43. The van der Waals surface area contributed by atoms with E-state index in [-0.39, 0.29) is 5.41 Å². The minimum absolute atomic E-state index is 0.289. The zero-order valence-corrected chi connectivity index (χ0v) is 7.48.